The summed E-state index contributed by atoms with van der Waals surface area (Å²) in [6.45, 7) is 12.7. The number of hydrogen-bond acceptors (Lipinski definition) is 9. The summed E-state index contributed by atoms with van der Waals surface area (Å²) in [5.74, 6) is 0.885. The molecule has 0 spiro atoms. The Hall–Kier alpha value is -3.22. The predicted molar refractivity (Wildman–Crippen MR) is 158 cm³/mol. The summed E-state index contributed by atoms with van der Waals surface area (Å²) in [5.41, 5.74) is 0.0489. The van der Waals surface area contributed by atoms with E-state index in [-0.39, 0.29) is 26.7 Å². The van der Waals surface area contributed by atoms with Crippen molar-refractivity contribution in [1.82, 2.24) is 29.8 Å². The first kappa shape index (κ1) is 30.7. The monoisotopic (exact) mass is 603 g/mol. The predicted octanol–water partition coefficient (Wildman–Crippen LogP) is 4.44. The lowest BCUT2D eigenvalue weighted by Gasteiger charge is -2.17. The molecule has 3 aromatic rings. The molecule has 11 nitrogen and oxygen atoms in total. The van der Waals surface area contributed by atoms with Gasteiger partial charge in [0.25, 0.3) is 15.9 Å². The van der Waals surface area contributed by atoms with Crippen molar-refractivity contribution in [2.24, 2.45) is 11.3 Å². The summed E-state index contributed by atoms with van der Waals surface area (Å²) in [6, 6.07) is 9.18. The van der Waals surface area contributed by atoms with E-state index in [1.165, 1.54) is 22.9 Å². The van der Waals surface area contributed by atoms with Gasteiger partial charge < -0.3 is 15.4 Å². The first-order chi connectivity index (χ1) is 19.2. The van der Waals surface area contributed by atoms with Crippen molar-refractivity contribution in [3.8, 4) is 11.7 Å². The molecule has 0 bridgehead atoms. The van der Waals surface area contributed by atoms with Crippen LogP contribution in [0.5, 0.6) is 5.88 Å². The molecule has 1 aliphatic heterocycles. The summed E-state index contributed by atoms with van der Waals surface area (Å²) >= 11 is 6.27. The lowest BCUT2D eigenvalue weighted by atomic mass is 9.94. The fourth-order valence-electron chi connectivity index (χ4n) is 4.51. The molecule has 222 valence electrons. The van der Waals surface area contributed by atoms with Crippen LogP contribution in [-0.4, -0.2) is 59.3 Å². The van der Waals surface area contributed by atoms with Gasteiger partial charge in [0, 0.05) is 24.3 Å². The quantitative estimate of drug-likeness (QED) is 0.214. The molecule has 1 aliphatic rings. The number of halogens is 1. The Kier molecular flexibility index (Phi) is 9.25. The van der Waals surface area contributed by atoms with E-state index in [1.54, 1.807) is 24.4 Å². The first-order valence-electron chi connectivity index (χ1n) is 13.6. The van der Waals surface area contributed by atoms with Crippen molar-refractivity contribution >= 4 is 33.3 Å². The van der Waals surface area contributed by atoms with E-state index in [4.69, 9.17) is 16.3 Å². The van der Waals surface area contributed by atoms with Gasteiger partial charge in [-0.25, -0.2) is 19.4 Å². The molecular formula is C28H38ClN7O4S. The van der Waals surface area contributed by atoms with E-state index < -0.39 is 15.9 Å². The molecule has 0 aliphatic carbocycles. The van der Waals surface area contributed by atoms with Gasteiger partial charge >= 0.3 is 0 Å². The van der Waals surface area contributed by atoms with Crippen molar-refractivity contribution < 1.29 is 17.9 Å². The smallest absolute Gasteiger partial charge is 0.281 e. The molecule has 0 saturated carbocycles. The fourth-order valence-corrected chi connectivity index (χ4v) is 5.68. The minimum atomic E-state index is -4.26. The number of carbonyl (C=O) groups is 1. The number of hydrogen-bond donors (Lipinski definition) is 3. The number of nitrogens with one attached hydrogen (secondary N) is 3. The van der Waals surface area contributed by atoms with Crippen molar-refractivity contribution in [3.05, 3.63) is 53.3 Å². The minimum absolute atomic E-state index is 0.0292. The molecule has 1 fully saturated rings. The molecule has 3 N–H and O–H groups in total. The first-order valence-corrected chi connectivity index (χ1v) is 15.5. The Balaban J connectivity index is 1.34. The van der Waals surface area contributed by atoms with Gasteiger partial charge in [-0.05, 0) is 75.3 Å². The third kappa shape index (κ3) is 8.64. The summed E-state index contributed by atoms with van der Waals surface area (Å²) in [7, 11) is -4.26. The molecule has 4 rings (SSSR count). The highest BCUT2D eigenvalue weighted by molar-refractivity contribution is 7.90. The van der Waals surface area contributed by atoms with Crippen LogP contribution in [0.15, 0.2) is 47.6 Å². The molecule has 41 heavy (non-hydrogen) atoms. The number of carbonyl (C=O) groups excluding carboxylic acids is 1. The Morgan fingerprint density at radius 1 is 1.20 bits per heavy atom. The maximum Gasteiger partial charge on any atom is 0.281 e. The van der Waals surface area contributed by atoms with Crippen molar-refractivity contribution in [1.29, 1.82) is 0 Å². The zero-order chi connectivity index (χ0) is 29.8. The molecule has 0 radical (unpaired) electrons. The number of amides is 1. The summed E-state index contributed by atoms with van der Waals surface area (Å²) in [5, 5.41) is 10.6. The van der Waals surface area contributed by atoms with Gasteiger partial charge in [-0.3, -0.25) is 4.79 Å². The van der Waals surface area contributed by atoms with Crippen LogP contribution in [0.25, 0.3) is 5.82 Å². The van der Waals surface area contributed by atoms with E-state index in [9.17, 15) is 13.2 Å². The van der Waals surface area contributed by atoms with Crippen molar-refractivity contribution in [2.45, 2.75) is 64.4 Å². The maximum absolute atomic E-state index is 12.9. The Morgan fingerprint density at radius 3 is 2.66 bits per heavy atom. The van der Waals surface area contributed by atoms with Crippen molar-refractivity contribution in [2.75, 3.05) is 25.0 Å². The number of aromatic nitrogens is 4. The molecule has 0 aromatic carbocycles. The topological polar surface area (TPSA) is 140 Å². The minimum Gasteiger partial charge on any atom is -0.476 e. The largest absolute Gasteiger partial charge is 0.476 e. The highest BCUT2D eigenvalue weighted by Gasteiger charge is 2.29. The van der Waals surface area contributed by atoms with Crippen LogP contribution < -0.4 is 20.1 Å². The van der Waals surface area contributed by atoms with E-state index in [0.717, 1.165) is 25.8 Å². The third-order valence-electron chi connectivity index (χ3n) is 6.52. The fraction of sp³-hybridized carbons (Fsp3) is 0.500. The van der Waals surface area contributed by atoms with Gasteiger partial charge in [0.1, 0.15) is 11.0 Å². The average Bonchev–Trinajstić information content (AvgIpc) is 3.51. The van der Waals surface area contributed by atoms with Crippen LogP contribution in [0, 0.1) is 11.3 Å². The maximum atomic E-state index is 12.9. The van der Waals surface area contributed by atoms with Gasteiger partial charge in [-0.1, -0.05) is 38.4 Å². The zero-order valence-corrected chi connectivity index (χ0v) is 25.6. The van der Waals surface area contributed by atoms with E-state index in [2.05, 4.69) is 60.3 Å². The number of anilines is 1. The Labute approximate surface area is 246 Å². The van der Waals surface area contributed by atoms with Gasteiger partial charge in [0.2, 0.25) is 5.88 Å². The van der Waals surface area contributed by atoms with Gasteiger partial charge in [0.15, 0.2) is 10.8 Å². The molecule has 1 amide bonds. The number of ether oxygens (including phenoxy) is 1. The Morgan fingerprint density at radius 2 is 1.98 bits per heavy atom. The van der Waals surface area contributed by atoms with Gasteiger partial charge in [0.05, 0.1) is 12.2 Å². The number of nitrogens with zero attached hydrogens (tertiary/aromatic N) is 4. The summed E-state index contributed by atoms with van der Waals surface area (Å²) in [6.07, 6.45) is 4.79. The van der Waals surface area contributed by atoms with Gasteiger partial charge in [-0.15, -0.1) is 5.10 Å². The Bertz CT molecular complexity index is 1480. The molecule has 13 heteroatoms. The number of sulfonamides is 1. The lowest BCUT2D eigenvalue weighted by Crippen LogP contribution is -2.31. The normalized spacial score (nSPS) is 16.9. The number of rotatable bonds is 11. The molecule has 0 unspecified atom stereocenters. The SMILES string of the molecule is CC(C)(C)COc1ccn(-c2ccc(C(=O)NS(=O)(=O)c3cccc(NCCC[C@@H]4CNC(C)(C)C4)n3)c(Cl)n2)n1. The van der Waals surface area contributed by atoms with E-state index in [0.29, 0.717) is 36.6 Å². The van der Waals surface area contributed by atoms with Crippen LogP contribution in [0.1, 0.15) is 64.2 Å². The van der Waals surface area contributed by atoms with Crippen LogP contribution in [0.2, 0.25) is 5.15 Å². The summed E-state index contributed by atoms with van der Waals surface area (Å²) < 4.78 is 35.1. The highest BCUT2D eigenvalue weighted by Crippen LogP contribution is 2.26. The van der Waals surface area contributed by atoms with Crippen LogP contribution in [0.4, 0.5) is 5.82 Å². The average molecular weight is 604 g/mol. The standard InChI is InChI=1S/C28H38ClN7O4S/c1-27(2,3)18-40-23-13-15-36(34-23)22-12-11-20(25(29)33-22)26(37)35-41(38,39)24-10-6-9-21(32-24)30-14-7-8-19-16-28(4,5)31-17-19/h6,9-13,15,19,31H,7-8,14,16-18H2,1-5H3,(H,30,32)(H,35,37)/t19-/m0/s1. The van der Waals surface area contributed by atoms with E-state index in [1.807, 2.05) is 4.72 Å². The molecule has 4 heterocycles. The lowest BCUT2D eigenvalue weighted by molar-refractivity contribution is 0.0981. The van der Waals surface area contributed by atoms with Crippen LogP contribution in [0.3, 0.4) is 0 Å². The summed E-state index contributed by atoms with van der Waals surface area (Å²) in [4.78, 5) is 21.2. The molecule has 1 atom stereocenters. The zero-order valence-electron chi connectivity index (χ0n) is 24.1. The second-order valence-corrected chi connectivity index (χ2v) is 14.1. The molecule has 3 aromatic heterocycles. The van der Waals surface area contributed by atoms with E-state index >= 15 is 0 Å². The highest BCUT2D eigenvalue weighted by atomic mass is 35.5. The van der Waals surface area contributed by atoms with Crippen LogP contribution in [-0.2, 0) is 10.0 Å². The second kappa shape index (κ2) is 12.3. The molecule has 1 saturated heterocycles. The van der Waals surface area contributed by atoms with Gasteiger partial charge in [-0.2, -0.15) is 8.42 Å². The number of pyridine rings is 2. The van der Waals surface area contributed by atoms with Crippen LogP contribution >= 0.6 is 11.6 Å². The second-order valence-electron chi connectivity index (χ2n) is 12.2. The molecular weight excluding hydrogens is 566 g/mol. The van der Waals surface area contributed by atoms with Crippen molar-refractivity contribution in [3.63, 3.8) is 0 Å². The third-order valence-corrected chi connectivity index (χ3v) is 8.04.